The van der Waals surface area contributed by atoms with Gasteiger partial charge in [0.1, 0.15) is 0 Å². The van der Waals surface area contributed by atoms with Crippen molar-refractivity contribution in [2.45, 2.75) is 19.4 Å². The molecule has 0 aromatic heterocycles. The highest BCUT2D eigenvalue weighted by Gasteiger charge is 2.34. The maximum atomic E-state index is 5.94. The van der Waals surface area contributed by atoms with E-state index in [2.05, 4.69) is 53.0 Å². The highest BCUT2D eigenvalue weighted by atomic mass is 79.9. The van der Waals surface area contributed by atoms with Crippen molar-refractivity contribution in [1.29, 1.82) is 0 Å². The molecule has 1 aliphatic rings. The van der Waals surface area contributed by atoms with Crippen molar-refractivity contribution in [3.63, 3.8) is 0 Å². The van der Waals surface area contributed by atoms with Crippen LogP contribution in [0.15, 0.2) is 28.7 Å². The highest BCUT2D eigenvalue weighted by Crippen LogP contribution is 2.39. The lowest BCUT2D eigenvalue weighted by Gasteiger charge is -2.28. The lowest BCUT2D eigenvalue weighted by atomic mass is 10.1. The molecule has 0 aliphatic heterocycles. The molecule has 2 nitrogen and oxygen atoms in total. The molecule has 17 heavy (non-hydrogen) atoms. The molecular formula is C14H21BrN2. The van der Waals surface area contributed by atoms with Crippen LogP contribution in [0, 0.1) is 11.8 Å². The first kappa shape index (κ1) is 13.1. The molecule has 0 amide bonds. The van der Waals surface area contributed by atoms with Gasteiger partial charge in [0, 0.05) is 23.6 Å². The summed E-state index contributed by atoms with van der Waals surface area (Å²) < 4.78 is 1.16. The number of rotatable bonds is 5. The summed E-state index contributed by atoms with van der Waals surface area (Å²) in [4.78, 5) is 2.40. The Balaban J connectivity index is 2.07. The van der Waals surface area contributed by atoms with Gasteiger partial charge in [0.15, 0.2) is 0 Å². The van der Waals surface area contributed by atoms with Crippen LogP contribution in [0.5, 0.6) is 0 Å². The molecule has 1 aromatic rings. The lowest BCUT2D eigenvalue weighted by molar-refractivity contribution is 0.236. The zero-order valence-electron chi connectivity index (χ0n) is 10.6. The summed E-state index contributed by atoms with van der Waals surface area (Å²) in [6.07, 6.45) is 1.37. The van der Waals surface area contributed by atoms with Crippen molar-refractivity contribution in [3.8, 4) is 0 Å². The summed E-state index contributed by atoms with van der Waals surface area (Å²) in [5.74, 6) is 1.77. The SMILES string of the molecule is CC1CC1CN(C)C(CN)c1ccccc1Br. The van der Waals surface area contributed by atoms with Crippen LogP contribution in [0.4, 0.5) is 0 Å². The molecule has 1 aliphatic carbocycles. The van der Waals surface area contributed by atoms with Crippen LogP contribution in [-0.4, -0.2) is 25.0 Å². The zero-order chi connectivity index (χ0) is 12.4. The quantitative estimate of drug-likeness (QED) is 0.905. The zero-order valence-corrected chi connectivity index (χ0v) is 12.2. The Hall–Kier alpha value is -0.380. The van der Waals surface area contributed by atoms with E-state index in [0.29, 0.717) is 12.6 Å². The Morgan fingerprint density at radius 1 is 1.47 bits per heavy atom. The fourth-order valence-corrected chi connectivity index (χ4v) is 2.99. The molecule has 0 radical (unpaired) electrons. The standard InChI is InChI=1S/C14H21BrN2/c1-10-7-11(10)9-17(2)14(8-16)12-5-3-4-6-13(12)15/h3-6,10-11,14H,7-9,16H2,1-2H3. The third kappa shape index (κ3) is 3.09. The van der Waals surface area contributed by atoms with Gasteiger partial charge in [-0.1, -0.05) is 41.1 Å². The van der Waals surface area contributed by atoms with Crippen LogP contribution in [0.3, 0.4) is 0 Å². The third-order valence-corrected chi connectivity index (χ3v) is 4.54. The normalized spacial score (nSPS) is 25.0. The van der Waals surface area contributed by atoms with E-state index in [-0.39, 0.29) is 0 Å². The Kier molecular flexibility index (Phi) is 4.23. The predicted molar refractivity (Wildman–Crippen MR) is 75.8 cm³/mol. The topological polar surface area (TPSA) is 29.3 Å². The maximum absolute atomic E-state index is 5.94. The Morgan fingerprint density at radius 2 is 2.12 bits per heavy atom. The summed E-state index contributed by atoms with van der Waals surface area (Å²) in [6.45, 7) is 4.15. The summed E-state index contributed by atoms with van der Waals surface area (Å²) in [6, 6.07) is 8.69. The lowest BCUT2D eigenvalue weighted by Crippen LogP contribution is -2.32. The van der Waals surface area contributed by atoms with Crippen molar-refractivity contribution in [1.82, 2.24) is 4.90 Å². The minimum Gasteiger partial charge on any atom is -0.329 e. The van der Waals surface area contributed by atoms with E-state index in [4.69, 9.17) is 5.73 Å². The Labute approximate surface area is 112 Å². The fraction of sp³-hybridized carbons (Fsp3) is 0.571. The number of halogens is 1. The van der Waals surface area contributed by atoms with E-state index >= 15 is 0 Å². The van der Waals surface area contributed by atoms with Gasteiger partial charge < -0.3 is 5.73 Å². The molecule has 1 aromatic carbocycles. The first-order chi connectivity index (χ1) is 8.13. The smallest absolute Gasteiger partial charge is 0.0478 e. The molecule has 0 bridgehead atoms. The summed E-state index contributed by atoms with van der Waals surface area (Å²) in [5.41, 5.74) is 7.24. The minimum absolute atomic E-state index is 0.318. The molecule has 1 saturated carbocycles. The van der Waals surface area contributed by atoms with E-state index in [1.54, 1.807) is 0 Å². The predicted octanol–water partition coefficient (Wildman–Crippen LogP) is 3.04. The van der Waals surface area contributed by atoms with E-state index in [1.807, 2.05) is 6.07 Å². The van der Waals surface area contributed by atoms with Crippen molar-refractivity contribution < 1.29 is 0 Å². The number of benzene rings is 1. The van der Waals surface area contributed by atoms with Crippen molar-refractivity contribution in [2.24, 2.45) is 17.6 Å². The van der Waals surface area contributed by atoms with E-state index < -0.39 is 0 Å². The van der Waals surface area contributed by atoms with Crippen LogP contribution in [0.25, 0.3) is 0 Å². The fourth-order valence-electron chi connectivity index (χ4n) is 2.44. The van der Waals surface area contributed by atoms with Crippen LogP contribution in [0.2, 0.25) is 0 Å². The number of hydrogen-bond acceptors (Lipinski definition) is 2. The molecule has 3 atom stereocenters. The van der Waals surface area contributed by atoms with Crippen molar-refractivity contribution in [3.05, 3.63) is 34.3 Å². The first-order valence-electron chi connectivity index (χ1n) is 6.28. The first-order valence-corrected chi connectivity index (χ1v) is 7.07. The molecule has 94 valence electrons. The number of hydrogen-bond donors (Lipinski definition) is 1. The number of nitrogens with two attached hydrogens (primary N) is 1. The van der Waals surface area contributed by atoms with E-state index in [0.717, 1.165) is 22.9 Å². The van der Waals surface area contributed by atoms with Crippen LogP contribution in [0.1, 0.15) is 24.9 Å². The van der Waals surface area contributed by atoms with Gasteiger partial charge in [-0.05, 0) is 36.9 Å². The molecule has 0 heterocycles. The maximum Gasteiger partial charge on any atom is 0.0478 e. The van der Waals surface area contributed by atoms with Crippen molar-refractivity contribution >= 4 is 15.9 Å². The largest absolute Gasteiger partial charge is 0.329 e. The minimum atomic E-state index is 0.318. The van der Waals surface area contributed by atoms with Gasteiger partial charge in [0.2, 0.25) is 0 Å². The molecular weight excluding hydrogens is 276 g/mol. The summed E-state index contributed by atoms with van der Waals surface area (Å²) in [7, 11) is 2.18. The molecule has 3 heteroatoms. The highest BCUT2D eigenvalue weighted by molar-refractivity contribution is 9.10. The summed E-state index contributed by atoms with van der Waals surface area (Å²) in [5, 5.41) is 0. The molecule has 0 saturated heterocycles. The Morgan fingerprint density at radius 3 is 2.65 bits per heavy atom. The van der Waals surface area contributed by atoms with Gasteiger partial charge in [-0.2, -0.15) is 0 Å². The van der Waals surface area contributed by atoms with Gasteiger partial charge in [0.25, 0.3) is 0 Å². The Bertz CT molecular complexity index is 380. The van der Waals surface area contributed by atoms with Gasteiger partial charge in [-0.15, -0.1) is 0 Å². The average molecular weight is 297 g/mol. The monoisotopic (exact) mass is 296 g/mol. The van der Waals surface area contributed by atoms with E-state index in [9.17, 15) is 0 Å². The van der Waals surface area contributed by atoms with Gasteiger partial charge in [-0.3, -0.25) is 4.90 Å². The second kappa shape index (κ2) is 5.51. The summed E-state index contributed by atoms with van der Waals surface area (Å²) >= 11 is 3.62. The van der Waals surface area contributed by atoms with Crippen LogP contribution < -0.4 is 5.73 Å². The molecule has 1 fully saturated rings. The second-order valence-electron chi connectivity index (χ2n) is 5.19. The van der Waals surface area contributed by atoms with E-state index in [1.165, 1.54) is 12.0 Å². The van der Waals surface area contributed by atoms with Gasteiger partial charge in [-0.25, -0.2) is 0 Å². The third-order valence-electron chi connectivity index (χ3n) is 3.82. The van der Waals surface area contributed by atoms with Gasteiger partial charge in [0.05, 0.1) is 0 Å². The molecule has 2 rings (SSSR count). The van der Waals surface area contributed by atoms with Gasteiger partial charge >= 0.3 is 0 Å². The number of nitrogens with zero attached hydrogens (tertiary/aromatic N) is 1. The average Bonchev–Trinajstić information content (AvgIpc) is 2.98. The van der Waals surface area contributed by atoms with Crippen molar-refractivity contribution in [2.75, 3.05) is 20.1 Å². The second-order valence-corrected chi connectivity index (χ2v) is 6.04. The molecule has 2 N–H and O–H groups in total. The number of likely N-dealkylation sites (N-methyl/N-ethyl adjacent to an activating group) is 1. The molecule has 0 spiro atoms. The van der Waals surface area contributed by atoms with Crippen LogP contribution in [-0.2, 0) is 0 Å². The molecule has 3 unspecified atom stereocenters. The van der Waals surface area contributed by atoms with Crippen LogP contribution >= 0.6 is 15.9 Å².